The second kappa shape index (κ2) is 10.6. The molecule has 0 spiro atoms. The molecule has 8 nitrogen and oxygen atoms in total. The van der Waals surface area contributed by atoms with Gasteiger partial charge in [-0.1, -0.05) is 29.8 Å². The Labute approximate surface area is 200 Å². The first-order valence-corrected chi connectivity index (χ1v) is 11.4. The third-order valence-corrected chi connectivity index (χ3v) is 5.29. The van der Waals surface area contributed by atoms with Gasteiger partial charge in [-0.2, -0.15) is 0 Å². The summed E-state index contributed by atoms with van der Waals surface area (Å²) in [7, 11) is 1.57. The number of carbonyl (C=O) groups excluding carboxylic acids is 3. The second-order valence-corrected chi connectivity index (χ2v) is 9.42. The molecule has 1 fully saturated rings. The third-order valence-electron chi connectivity index (χ3n) is 5.29. The van der Waals surface area contributed by atoms with Crippen molar-refractivity contribution in [2.75, 3.05) is 19.0 Å². The summed E-state index contributed by atoms with van der Waals surface area (Å²) in [5, 5.41) is 5.44. The fourth-order valence-corrected chi connectivity index (χ4v) is 3.54. The Balaban J connectivity index is 1.83. The highest BCUT2D eigenvalue weighted by molar-refractivity contribution is 5.98. The van der Waals surface area contributed by atoms with Gasteiger partial charge in [0, 0.05) is 11.7 Å². The fraction of sp³-hybridized carbons (Fsp3) is 0.423. The molecule has 182 valence electrons. The largest absolute Gasteiger partial charge is 0.497 e. The highest BCUT2D eigenvalue weighted by Gasteiger charge is 2.41. The molecule has 1 unspecified atom stereocenters. The summed E-state index contributed by atoms with van der Waals surface area (Å²) in [4.78, 5) is 40.5. The lowest BCUT2D eigenvalue weighted by molar-refractivity contribution is -0.138. The Morgan fingerprint density at radius 2 is 1.65 bits per heavy atom. The Morgan fingerprint density at radius 1 is 1.03 bits per heavy atom. The summed E-state index contributed by atoms with van der Waals surface area (Å²) < 4.78 is 10.4. The lowest BCUT2D eigenvalue weighted by Gasteiger charge is -2.32. The first-order valence-electron chi connectivity index (χ1n) is 11.4. The average molecular weight is 468 g/mol. The zero-order valence-electron chi connectivity index (χ0n) is 20.4. The van der Waals surface area contributed by atoms with Crippen molar-refractivity contribution in [3.05, 3.63) is 59.7 Å². The zero-order valence-corrected chi connectivity index (χ0v) is 20.4. The lowest BCUT2D eigenvalue weighted by Crippen LogP contribution is -2.47. The molecule has 1 saturated carbocycles. The highest BCUT2D eigenvalue weighted by atomic mass is 16.6. The standard InChI is InChI=1S/C26H33N3O5/c1-17-6-8-18(9-7-17)23(24(31)28-19-10-14-21(33-5)15-11-19)29(20-12-13-20)22(30)16-27-25(32)34-26(2,3)4/h6-11,14-15,20,23H,12-13,16H2,1-5H3,(H,27,32)(H,28,31). The van der Waals surface area contributed by atoms with E-state index in [-0.39, 0.29) is 24.4 Å². The molecule has 8 heteroatoms. The van der Waals surface area contributed by atoms with Crippen molar-refractivity contribution < 1.29 is 23.9 Å². The van der Waals surface area contributed by atoms with Crippen LogP contribution in [0.5, 0.6) is 5.75 Å². The van der Waals surface area contributed by atoms with E-state index in [9.17, 15) is 14.4 Å². The van der Waals surface area contributed by atoms with Crippen LogP contribution in [0, 0.1) is 6.92 Å². The molecular formula is C26H33N3O5. The molecular weight excluding hydrogens is 434 g/mol. The minimum atomic E-state index is -0.844. The number of hydrogen-bond donors (Lipinski definition) is 2. The van der Waals surface area contributed by atoms with Gasteiger partial charge in [-0.3, -0.25) is 9.59 Å². The zero-order chi connectivity index (χ0) is 24.9. The van der Waals surface area contributed by atoms with Crippen LogP contribution >= 0.6 is 0 Å². The topological polar surface area (TPSA) is 97.0 Å². The molecule has 0 saturated heterocycles. The Kier molecular flexibility index (Phi) is 7.81. The predicted molar refractivity (Wildman–Crippen MR) is 130 cm³/mol. The minimum absolute atomic E-state index is 0.0687. The summed E-state index contributed by atoms with van der Waals surface area (Å²) in [6.45, 7) is 6.96. The van der Waals surface area contributed by atoms with Crippen LogP contribution in [0.15, 0.2) is 48.5 Å². The molecule has 3 amide bonds. The van der Waals surface area contributed by atoms with Gasteiger partial charge in [0.1, 0.15) is 23.9 Å². The van der Waals surface area contributed by atoms with Crippen molar-refractivity contribution in [3.63, 3.8) is 0 Å². The van der Waals surface area contributed by atoms with E-state index in [1.54, 1.807) is 57.0 Å². The molecule has 3 rings (SSSR count). The number of aryl methyl sites for hydroxylation is 1. The van der Waals surface area contributed by atoms with Gasteiger partial charge in [0.2, 0.25) is 5.91 Å². The van der Waals surface area contributed by atoms with Crippen molar-refractivity contribution in [2.24, 2.45) is 0 Å². The molecule has 2 N–H and O–H groups in total. The SMILES string of the molecule is COc1ccc(NC(=O)C(c2ccc(C)cc2)N(C(=O)CNC(=O)OC(C)(C)C)C2CC2)cc1. The smallest absolute Gasteiger partial charge is 0.408 e. The van der Waals surface area contributed by atoms with Crippen molar-refractivity contribution in [1.29, 1.82) is 0 Å². The van der Waals surface area contributed by atoms with Crippen LogP contribution in [-0.2, 0) is 14.3 Å². The molecule has 0 bridgehead atoms. The van der Waals surface area contributed by atoms with Crippen LogP contribution < -0.4 is 15.4 Å². The number of ether oxygens (including phenoxy) is 2. The van der Waals surface area contributed by atoms with E-state index in [1.165, 1.54) is 0 Å². The number of amides is 3. The van der Waals surface area contributed by atoms with Crippen molar-refractivity contribution in [3.8, 4) is 5.75 Å². The predicted octanol–water partition coefficient (Wildman–Crippen LogP) is 4.20. The number of hydrogen-bond acceptors (Lipinski definition) is 5. The quantitative estimate of drug-likeness (QED) is 0.607. The molecule has 0 aliphatic heterocycles. The maximum atomic E-state index is 13.5. The maximum absolute atomic E-state index is 13.5. The molecule has 0 aromatic heterocycles. The second-order valence-electron chi connectivity index (χ2n) is 9.42. The molecule has 0 radical (unpaired) electrons. The Hall–Kier alpha value is -3.55. The third kappa shape index (κ3) is 6.97. The Morgan fingerprint density at radius 3 is 2.18 bits per heavy atom. The van der Waals surface area contributed by atoms with Crippen LogP contribution in [0.4, 0.5) is 10.5 Å². The number of methoxy groups -OCH3 is 1. The molecule has 1 atom stereocenters. The summed E-state index contributed by atoms with van der Waals surface area (Å²) in [5.41, 5.74) is 1.67. The summed E-state index contributed by atoms with van der Waals surface area (Å²) >= 11 is 0. The van der Waals surface area contributed by atoms with Gasteiger partial charge in [0.15, 0.2) is 0 Å². The number of nitrogens with one attached hydrogen (secondary N) is 2. The van der Waals surface area contributed by atoms with Crippen LogP contribution in [-0.4, -0.2) is 48.1 Å². The molecule has 1 aliphatic rings. The molecule has 1 aliphatic carbocycles. The number of alkyl carbamates (subject to hydrolysis) is 1. The van der Waals surface area contributed by atoms with Crippen LogP contribution in [0.2, 0.25) is 0 Å². The summed E-state index contributed by atoms with van der Waals surface area (Å²) in [6, 6.07) is 13.6. The molecule has 34 heavy (non-hydrogen) atoms. The van der Waals surface area contributed by atoms with Gasteiger partial charge in [-0.05, 0) is 70.4 Å². The van der Waals surface area contributed by atoms with Gasteiger partial charge >= 0.3 is 6.09 Å². The van der Waals surface area contributed by atoms with Gasteiger partial charge in [-0.25, -0.2) is 4.79 Å². The lowest BCUT2D eigenvalue weighted by atomic mass is 10.0. The monoisotopic (exact) mass is 467 g/mol. The van der Waals surface area contributed by atoms with Crippen LogP contribution in [0.1, 0.15) is 50.8 Å². The maximum Gasteiger partial charge on any atom is 0.408 e. The van der Waals surface area contributed by atoms with Crippen molar-refractivity contribution in [1.82, 2.24) is 10.2 Å². The fourth-order valence-electron chi connectivity index (χ4n) is 3.54. The molecule has 2 aromatic carbocycles. The summed E-state index contributed by atoms with van der Waals surface area (Å²) in [5.74, 6) is 0.00596. The van der Waals surface area contributed by atoms with Gasteiger partial charge in [0.25, 0.3) is 5.91 Å². The number of benzene rings is 2. The van der Waals surface area contributed by atoms with Gasteiger partial charge in [-0.15, -0.1) is 0 Å². The van der Waals surface area contributed by atoms with E-state index >= 15 is 0 Å². The highest BCUT2D eigenvalue weighted by Crippen LogP contribution is 2.35. The van der Waals surface area contributed by atoms with Gasteiger partial charge in [0.05, 0.1) is 7.11 Å². The average Bonchev–Trinajstić information content (AvgIpc) is 3.61. The molecule has 2 aromatic rings. The van der Waals surface area contributed by atoms with Crippen LogP contribution in [0.3, 0.4) is 0 Å². The van der Waals surface area contributed by atoms with Gasteiger partial charge < -0.3 is 25.0 Å². The number of carbonyl (C=O) groups is 3. The van der Waals surface area contributed by atoms with E-state index in [2.05, 4.69) is 10.6 Å². The first-order chi connectivity index (χ1) is 16.1. The van der Waals surface area contributed by atoms with Crippen molar-refractivity contribution >= 4 is 23.6 Å². The summed E-state index contributed by atoms with van der Waals surface area (Å²) in [6.07, 6.45) is 0.929. The normalized spacial score (nSPS) is 14.0. The van der Waals surface area contributed by atoms with E-state index < -0.39 is 17.7 Å². The van der Waals surface area contributed by atoms with E-state index in [4.69, 9.17) is 9.47 Å². The van der Waals surface area contributed by atoms with Crippen LogP contribution in [0.25, 0.3) is 0 Å². The van der Waals surface area contributed by atoms with E-state index in [0.29, 0.717) is 17.0 Å². The van der Waals surface area contributed by atoms with E-state index in [0.717, 1.165) is 18.4 Å². The number of anilines is 1. The molecule has 0 heterocycles. The first kappa shape index (κ1) is 25.1. The number of nitrogens with zero attached hydrogens (tertiary/aromatic N) is 1. The van der Waals surface area contributed by atoms with E-state index in [1.807, 2.05) is 31.2 Å². The number of rotatable bonds is 8. The Bertz CT molecular complexity index is 1010. The minimum Gasteiger partial charge on any atom is -0.497 e. The van der Waals surface area contributed by atoms with Crippen molar-refractivity contribution in [2.45, 2.75) is 58.2 Å².